The molecule has 386 valence electrons. The summed E-state index contributed by atoms with van der Waals surface area (Å²) < 4.78 is 0. The summed E-state index contributed by atoms with van der Waals surface area (Å²) in [5.41, 5.74) is 17.9. The quantitative estimate of drug-likeness (QED) is 0.0549. The Morgan fingerprint density at radius 3 is 1.55 bits per heavy atom. The number of unbranched alkanes of at least 4 members (excludes halogenated alkanes) is 1. The summed E-state index contributed by atoms with van der Waals surface area (Å²) >= 11 is 0. The minimum Gasteiger partial charge on any atom is -0.294 e. The van der Waals surface area contributed by atoms with E-state index in [1.54, 1.807) is 6.92 Å². The maximum absolute atomic E-state index is 15.2. The van der Waals surface area contributed by atoms with Crippen molar-refractivity contribution in [1.29, 1.82) is 0 Å². The Morgan fingerprint density at radius 1 is 0.520 bits per heavy atom. The van der Waals surface area contributed by atoms with Crippen LogP contribution in [0.2, 0.25) is 0 Å². The van der Waals surface area contributed by atoms with Crippen LogP contribution >= 0.6 is 0 Å². The molecule has 1 aliphatic carbocycles. The molecular weight excluding hydrogens is 917 g/mol. The first-order chi connectivity index (χ1) is 36.4. The van der Waals surface area contributed by atoms with Gasteiger partial charge in [0.1, 0.15) is 0 Å². The fourth-order valence-electron chi connectivity index (χ4n) is 10.4. The number of benzene rings is 4. The van der Waals surface area contributed by atoms with Crippen molar-refractivity contribution in [2.75, 3.05) is 6.54 Å². The van der Waals surface area contributed by atoms with Crippen molar-refractivity contribution in [3.8, 4) is 0 Å². The Kier molecular flexibility index (Phi) is 21.1. The van der Waals surface area contributed by atoms with E-state index in [1.807, 2.05) is 119 Å². The second-order valence-electron chi connectivity index (χ2n) is 19.2. The van der Waals surface area contributed by atoms with Crippen molar-refractivity contribution in [2.45, 2.75) is 133 Å². The van der Waals surface area contributed by atoms with Gasteiger partial charge in [-0.15, -0.1) is 0 Å². The molecule has 0 N–H and O–H groups in total. The van der Waals surface area contributed by atoms with Gasteiger partial charge in [-0.25, -0.2) is 4.99 Å². The number of hydrogen-bond donors (Lipinski definition) is 0. The number of Topliss-reactive ketones (excluding diaryl/α,β-unsaturated/α-hetero) is 3. The average molecular weight is 995 g/mol. The van der Waals surface area contributed by atoms with Gasteiger partial charge in [0, 0.05) is 46.3 Å². The SMILES string of the molecule is C=C(/C(CCC)=C(C(=O)CC)/C(C(C)=C1CC1)=C(C)/C(=C1/C=CC(C(=C(C)/C(C(C)=O)=C(C(=O)CCCC)\C(CCC)=C(\C2=NCC=C2)c2ccccc2)/c2ccccc2)=N1)c1ccccc1)c1ccccc1.CC. The van der Waals surface area contributed by atoms with Gasteiger partial charge in [0.25, 0.3) is 0 Å². The Bertz CT molecular complexity index is 3110. The molecule has 2 heterocycles. The maximum Gasteiger partial charge on any atom is 0.163 e. The molecular formula is C70H78N2O3. The van der Waals surface area contributed by atoms with Gasteiger partial charge in [0.05, 0.1) is 23.7 Å². The van der Waals surface area contributed by atoms with Crippen LogP contribution in [-0.4, -0.2) is 35.3 Å². The number of nitrogens with zero attached hydrogens (tertiary/aromatic N) is 2. The number of ketones is 3. The Hall–Kier alpha value is -7.37. The largest absolute Gasteiger partial charge is 0.294 e. The highest BCUT2D eigenvalue weighted by molar-refractivity contribution is 6.35. The molecule has 5 heteroatoms. The van der Waals surface area contributed by atoms with Crippen molar-refractivity contribution < 1.29 is 14.4 Å². The number of rotatable bonds is 23. The second kappa shape index (κ2) is 27.8. The van der Waals surface area contributed by atoms with Gasteiger partial charge in [-0.05, 0) is 139 Å². The summed E-state index contributed by atoms with van der Waals surface area (Å²) in [7, 11) is 0. The molecule has 2 aliphatic heterocycles. The van der Waals surface area contributed by atoms with Crippen LogP contribution in [0.1, 0.15) is 156 Å². The minimum atomic E-state index is -0.189. The standard InChI is InChI=1S/C68H72N2O3.C2H6/c1-10-14-39-61(73)68(56(29-12-3)66(57-38-27-44-69-57)54-36-25-18-26-37-54)63(49(9)71)48(8)65(53-34-23-17-24-35-53)59-43-42-58(70-59)64(52-32-21-16-22-33-52)47(7)62(46(6)51-40-41-51)67(60(72)13-4)55(28-11-2)45(5)50-30-19-15-20-31-50;1-2/h15-27,30-38,42-43H,5,10-14,28-29,39-41,44H2,1-4,6-9H3;1-2H3/b62-47+,64-58+,65-48+,66-56+,67-55+,68-63-;. The van der Waals surface area contributed by atoms with Crippen LogP contribution in [0.25, 0.3) is 22.3 Å². The molecule has 4 aromatic rings. The molecule has 0 aromatic heterocycles. The van der Waals surface area contributed by atoms with Gasteiger partial charge in [-0.1, -0.05) is 200 Å². The Morgan fingerprint density at radius 2 is 1.05 bits per heavy atom. The predicted octanol–water partition coefficient (Wildman–Crippen LogP) is 18.0. The van der Waals surface area contributed by atoms with Gasteiger partial charge < -0.3 is 0 Å². The van der Waals surface area contributed by atoms with E-state index in [9.17, 15) is 9.59 Å². The lowest BCUT2D eigenvalue weighted by atomic mass is 9.79. The molecule has 1 fully saturated rings. The number of allylic oxidation sites excluding steroid dienone is 17. The molecule has 0 unspecified atom stereocenters. The van der Waals surface area contributed by atoms with Crippen molar-refractivity contribution in [3.63, 3.8) is 0 Å². The van der Waals surface area contributed by atoms with E-state index in [-0.39, 0.29) is 17.3 Å². The summed E-state index contributed by atoms with van der Waals surface area (Å²) in [5.74, 6) is -0.156. The normalized spacial score (nSPS) is 16.0. The van der Waals surface area contributed by atoms with E-state index >= 15 is 4.79 Å². The van der Waals surface area contributed by atoms with E-state index < -0.39 is 0 Å². The number of carbonyl (C=O) groups excluding carboxylic acids is 3. The predicted molar refractivity (Wildman–Crippen MR) is 320 cm³/mol. The monoisotopic (exact) mass is 995 g/mol. The summed E-state index contributed by atoms with van der Waals surface area (Å²) in [6.07, 6.45) is 15.2. The molecule has 0 bridgehead atoms. The zero-order chi connectivity index (χ0) is 54.0. The summed E-state index contributed by atoms with van der Waals surface area (Å²) in [6, 6.07) is 40.8. The zero-order valence-electron chi connectivity index (χ0n) is 46.5. The van der Waals surface area contributed by atoms with Gasteiger partial charge in [0.15, 0.2) is 17.3 Å². The topological polar surface area (TPSA) is 75.9 Å². The lowest BCUT2D eigenvalue weighted by Crippen LogP contribution is -2.18. The average Bonchev–Trinajstić information content (AvgIpc) is 3.96. The highest BCUT2D eigenvalue weighted by Gasteiger charge is 2.32. The Labute approximate surface area is 449 Å². The Balaban J connectivity index is 0.00000452. The molecule has 4 aromatic carbocycles. The van der Waals surface area contributed by atoms with Crippen molar-refractivity contribution in [2.24, 2.45) is 9.98 Å². The van der Waals surface area contributed by atoms with Gasteiger partial charge in [-0.2, -0.15) is 0 Å². The van der Waals surface area contributed by atoms with E-state index in [1.165, 1.54) is 5.57 Å². The van der Waals surface area contributed by atoms with Crippen LogP contribution in [0.5, 0.6) is 0 Å². The molecule has 0 amide bonds. The van der Waals surface area contributed by atoms with E-state index in [2.05, 4.69) is 95.8 Å². The highest BCUT2D eigenvalue weighted by Crippen LogP contribution is 2.46. The van der Waals surface area contributed by atoms with E-state index in [0.717, 1.165) is 121 Å². The fraction of sp³-hybridized carbons (Fsp3) is 0.300. The van der Waals surface area contributed by atoms with Crippen LogP contribution in [0, 0.1) is 0 Å². The first kappa shape index (κ1) is 56.9. The lowest BCUT2D eigenvalue weighted by molar-refractivity contribution is -0.117. The molecule has 7 rings (SSSR count). The van der Waals surface area contributed by atoms with Crippen molar-refractivity contribution in [1.82, 2.24) is 0 Å². The van der Waals surface area contributed by atoms with Crippen LogP contribution < -0.4 is 0 Å². The number of carbonyl (C=O) groups is 3. The molecule has 1 saturated carbocycles. The number of hydrogen-bond acceptors (Lipinski definition) is 5. The van der Waals surface area contributed by atoms with Crippen molar-refractivity contribution >= 4 is 51.1 Å². The molecule has 0 saturated heterocycles. The number of aliphatic imine (C=N–C) groups is 2. The van der Waals surface area contributed by atoms with Crippen LogP contribution in [0.15, 0.2) is 224 Å². The molecule has 3 aliphatic rings. The van der Waals surface area contributed by atoms with Crippen LogP contribution in [0.3, 0.4) is 0 Å². The highest BCUT2D eigenvalue weighted by atomic mass is 16.1. The molecule has 0 spiro atoms. The van der Waals surface area contributed by atoms with Crippen molar-refractivity contribution in [3.05, 3.63) is 236 Å². The first-order valence-electron chi connectivity index (χ1n) is 27.5. The van der Waals surface area contributed by atoms with E-state index in [4.69, 9.17) is 9.98 Å². The van der Waals surface area contributed by atoms with Crippen LogP contribution in [-0.2, 0) is 14.4 Å². The fourth-order valence-corrected chi connectivity index (χ4v) is 10.4. The third-order valence-corrected chi connectivity index (χ3v) is 14.0. The minimum absolute atomic E-state index is 0.0505. The second-order valence-corrected chi connectivity index (χ2v) is 19.2. The summed E-state index contributed by atoms with van der Waals surface area (Å²) in [5, 5.41) is 0. The third-order valence-electron chi connectivity index (χ3n) is 14.0. The molecule has 0 radical (unpaired) electrons. The first-order valence-corrected chi connectivity index (χ1v) is 27.5. The summed E-state index contributed by atoms with van der Waals surface area (Å²) in [6.45, 7) is 25.4. The molecule has 75 heavy (non-hydrogen) atoms. The molecule has 0 atom stereocenters. The lowest BCUT2D eigenvalue weighted by Gasteiger charge is -2.24. The summed E-state index contributed by atoms with van der Waals surface area (Å²) in [4.78, 5) is 55.2. The smallest absolute Gasteiger partial charge is 0.163 e. The van der Waals surface area contributed by atoms with Gasteiger partial charge in [-0.3, -0.25) is 19.4 Å². The van der Waals surface area contributed by atoms with E-state index in [0.29, 0.717) is 61.1 Å². The zero-order valence-corrected chi connectivity index (χ0v) is 46.5. The van der Waals surface area contributed by atoms with Crippen LogP contribution in [0.4, 0.5) is 0 Å². The molecule has 5 nitrogen and oxygen atoms in total. The van der Waals surface area contributed by atoms with Gasteiger partial charge >= 0.3 is 0 Å². The van der Waals surface area contributed by atoms with Gasteiger partial charge in [0.2, 0.25) is 0 Å². The third kappa shape index (κ3) is 13.5. The maximum atomic E-state index is 15.2.